The largest absolute Gasteiger partial charge is 0.298 e. The number of thiophene rings is 1. The van der Waals surface area contributed by atoms with E-state index >= 15 is 0 Å². The summed E-state index contributed by atoms with van der Waals surface area (Å²) in [5.74, 6) is 0. The van der Waals surface area contributed by atoms with Crippen LogP contribution in [0, 0.1) is 4.91 Å². The summed E-state index contributed by atoms with van der Waals surface area (Å²) in [5, 5.41) is 4.58. The van der Waals surface area contributed by atoms with Crippen LogP contribution in [-0.2, 0) is 0 Å². The molecule has 0 unspecified atom stereocenters. The molecule has 0 spiro atoms. The molecule has 4 heteroatoms. The van der Waals surface area contributed by atoms with E-state index < -0.39 is 0 Å². The summed E-state index contributed by atoms with van der Waals surface area (Å²) >= 11 is 1.16. The number of rotatable bonds is 2. The van der Waals surface area contributed by atoms with Gasteiger partial charge in [0.25, 0.3) is 0 Å². The summed E-state index contributed by atoms with van der Waals surface area (Å²) in [6, 6.07) is 1.45. The average Bonchev–Trinajstić information content (AvgIpc) is 2.34. The third-order valence-electron chi connectivity index (χ3n) is 0.832. The van der Waals surface area contributed by atoms with Crippen molar-refractivity contribution in [2.75, 3.05) is 0 Å². The fourth-order valence-electron chi connectivity index (χ4n) is 0.449. The fourth-order valence-corrected chi connectivity index (χ4v) is 1.08. The van der Waals surface area contributed by atoms with E-state index in [1.54, 1.807) is 5.38 Å². The second-order valence-electron chi connectivity index (χ2n) is 1.43. The molecule has 0 aromatic carbocycles. The Balaban J connectivity index is 2.98. The van der Waals surface area contributed by atoms with Crippen molar-refractivity contribution in [2.45, 2.75) is 0 Å². The Morgan fingerprint density at radius 3 is 2.78 bits per heavy atom. The molecule has 0 amide bonds. The fraction of sp³-hybridized carbons (Fsp3) is 0. The number of aldehydes is 1. The van der Waals surface area contributed by atoms with Crippen LogP contribution in [0.2, 0.25) is 0 Å². The van der Waals surface area contributed by atoms with Gasteiger partial charge in [-0.3, -0.25) is 4.79 Å². The molecule has 0 atom stereocenters. The van der Waals surface area contributed by atoms with Crippen LogP contribution in [0.15, 0.2) is 16.6 Å². The van der Waals surface area contributed by atoms with Gasteiger partial charge in [0.15, 0.2) is 11.3 Å². The van der Waals surface area contributed by atoms with Crippen molar-refractivity contribution in [3.8, 4) is 0 Å². The van der Waals surface area contributed by atoms with E-state index in [-0.39, 0.29) is 0 Å². The minimum Gasteiger partial charge on any atom is -0.298 e. The highest BCUT2D eigenvalue weighted by atomic mass is 32.1. The standard InChI is InChI=1S/C5H3NO2S/c7-2-4-1-5(6-8)9-3-4/h1-3H. The average molecular weight is 141 g/mol. The summed E-state index contributed by atoms with van der Waals surface area (Å²) in [6.45, 7) is 0. The molecule has 0 saturated heterocycles. The Kier molecular flexibility index (Phi) is 1.69. The minimum atomic E-state index is 0.345. The minimum absolute atomic E-state index is 0.345. The molecule has 1 aromatic heterocycles. The monoisotopic (exact) mass is 141 g/mol. The van der Waals surface area contributed by atoms with Crippen molar-refractivity contribution < 1.29 is 4.79 Å². The van der Waals surface area contributed by atoms with Crippen LogP contribution in [0.1, 0.15) is 10.4 Å². The topological polar surface area (TPSA) is 46.5 Å². The van der Waals surface area contributed by atoms with Gasteiger partial charge in [-0.05, 0) is 11.2 Å². The van der Waals surface area contributed by atoms with E-state index in [1.165, 1.54) is 6.07 Å². The zero-order valence-electron chi connectivity index (χ0n) is 4.40. The number of hydrogen-bond acceptors (Lipinski definition) is 4. The predicted molar refractivity (Wildman–Crippen MR) is 35.2 cm³/mol. The normalized spacial score (nSPS) is 8.89. The third kappa shape index (κ3) is 1.20. The summed E-state index contributed by atoms with van der Waals surface area (Å²) in [6.07, 6.45) is 0.686. The van der Waals surface area contributed by atoms with Crippen LogP contribution in [0.25, 0.3) is 0 Å². The smallest absolute Gasteiger partial charge is 0.161 e. The highest BCUT2D eigenvalue weighted by molar-refractivity contribution is 7.14. The molecule has 0 fully saturated rings. The lowest BCUT2D eigenvalue weighted by atomic mass is 10.4. The van der Waals surface area contributed by atoms with Crippen molar-refractivity contribution in [3.63, 3.8) is 0 Å². The lowest BCUT2D eigenvalue weighted by molar-refractivity contribution is 0.112. The van der Waals surface area contributed by atoms with Gasteiger partial charge in [0, 0.05) is 10.9 Å². The van der Waals surface area contributed by atoms with Crippen molar-refractivity contribution in [3.05, 3.63) is 21.9 Å². The summed E-state index contributed by atoms with van der Waals surface area (Å²) in [5.41, 5.74) is 0.509. The number of nitrogens with zero attached hydrogens (tertiary/aromatic N) is 1. The Bertz CT molecular complexity index is 208. The molecule has 0 radical (unpaired) electrons. The van der Waals surface area contributed by atoms with Crippen LogP contribution < -0.4 is 0 Å². The number of nitroso groups, excluding NO2 is 1. The number of carbonyl (C=O) groups is 1. The maximum absolute atomic E-state index is 10.00. The molecule has 3 nitrogen and oxygen atoms in total. The third-order valence-corrected chi connectivity index (χ3v) is 1.66. The van der Waals surface area contributed by atoms with Gasteiger partial charge >= 0.3 is 0 Å². The van der Waals surface area contributed by atoms with Crippen LogP contribution in [-0.4, -0.2) is 6.29 Å². The zero-order chi connectivity index (χ0) is 6.69. The van der Waals surface area contributed by atoms with Crippen LogP contribution in [0.4, 0.5) is 5.00 Å². The molecule has 0 saturated carbocycles. The Labute approximate surface area is 55.3 Å². The predicted octanol–water partition coefficient (Wildman–Crippen LogP) is 1.96. The Morgan fingerprint density at radius 1 is 1.67 bits per heavy atom. The first-order valence-corrected chi connectivity index (χ1v) is 3.12. The number of hydrogen-bond donors (Lipinski definition) is 0. The Hall–Kier alpha value is -1.03. The molecule has 0 aliphatic carbocycles. The van der Waals surface area contributed by atoms with E-state index in [4.69, 9.17) is 0 Å². The molecule has 0 bridgehead atoms. The number of carbonyl (C=O) groups excluding carboxylic acids is 1. The van der Waals surface area contributed by atoms with Crippen molar-refractivity contribution in [1.82, 2.24) is 0 Å². The maximum atomic E-state index is 10.00. The first kappa shape index (κ1) is 6.10. The van der Waals surface area contributed by atoms with Crippen molar-refractivity contribution >= 4 is 22.6 Å². The molecule has 0 aliphatic rings. The first-order valence-electron chi connectivity index (χ1n) is 2.24. The van der Waals surface area contributed by atoms with Crippen LogP contribution in [0.3, 0.4) is 0 Å². The zero-order valence-corrected chi connectivity index (χ0v) is 5.22. The summed E-state index contributed by atoms with van der Waals surface area (Å²) < 4.78 is 0. The summed E-state index contributed by atoms with van der Waals surface area (Å²) in [4.78, 5) is 19.8. The van der Waals surface area contributed by atoms with Gasteiger partial charge in [-0.15, -0.1) is 16.2 Å². The summed E-state index contributed by atoms with van der Waals surface area (Å²) in [7, 11) is 0. The van der Waals surface area contributed by atoms with Gasteiger partial charge < -0.3 is 0 Å². The van der Waals surface area contributed by atoms with Crippen LogP contribution in [0.5, 0.6) is 0 Å². The van der Waals surface area contributed by atoms with Gasteiger partial charge in [-0.1, -0.05) is 0 Å². The lowest BCUT2D eigenvalue weighted by Crippen LogP contribution is -1.65. The van der Waals surface area contributed by atoms with E-state index in [0.29, 0.717) is 16.9 Å². The van der Waals surface area contributed by atoms with Crippen molar-refractivity contribution in [2.24, 2.45) is 5.18 Å². The van der Waals surface area contributed by atoms with Gasteiger partial charge in [0.05, 0.1) is 0 Å². The highest BCUT2D eigenvalue weighted by Crippen LogP contribution is 2.21. The SMILES string of the molecule is O=Cc1csc(N=O)c1. The molecule has 1 aromatic rings. The van der Waals surface area contributed by atoms with Gasteiger partial charge in [-0.2, -0.15) is 0 Å². The molecular weight excluding hydrogens is 138 g/mol. The van der Waals surface area contributed by atoms with Gasteiger partial charge in [0.2, 0.25) is 0 Å². The molecular formula is C5H3NO2S. The first-order chi connectivity index (χ1) is 4.36. The molecule has 1 rings (SSSR count). The second kappa shape index (κ2) is 2.50. The van der Waals surface area contributed by atoms with Gasteiger partial charge in [-0.25, -0.2) is 0 Å². The quantitative estimate of drug-likeness (QED) is 0.466. The lowest BCUT2D eigenvalue weighted by Gasteiger charge is -1.69. The molecule has 0 N–H and O–H groups in total. The molecule has 46 valence electrons. The molecule has 0 aliphatic heterocycles. The van der Waals surface area contributed by atoms with E-state index in [9.17, 15) is 9.70 Å². The molecule has 9 heavy (non-hydrogen) atoms. The van der Waals surface area contributed by atoms with Crippen LogP contribution >= 0.6 is 11.3 Å². The maximum Gasteiger partial charge on any atom is 0.161 e. The Morgan fingerprint density at radius 2 is 2.44 bits per heavy atom. The van der Waals surface area contributed by atoms with Crippen molar-refractivity contribution in [1.29, 1.82) is 0 Å². The van der Waals surface area contributed by atoms with E-state index in [0.717, 1.165) is 11.3 Å². The second-order valence-corrected chi connectivity index (χ2v) is 2.32. The highest BCUT2D eigenvalue weighted by Gasteiger charge is 1.95. The van der Waals surface area contributed by atoms with E-state index in [1.807, 2.05) is 0 Å². The van der Waals surface area contributed by atoms with Gasteiger partial charge in [0.1, 0.15) is 0 Å². The molecule has 1 heterocycles. The van der Waals surface area contributed by atoms with E-state index in [2.05, 4.69) is 5.18 Å².